The lowest BCUT2D eigenvalue weighted by Gasteiger charge is -2.33. The van der Waals surface area contributed by atoms with Gasteiger partial charge in [0.05, 0.1) is 11.3 Å². The second-order valence-electron chi connectivity index (χ2n) is 5.03. The van der Waals surface area contributed by atoms with Crippen molar-refractivity contribution in [3.8, 4) is 0 Å². The van der Waals surface area contributed by atoms with Crippen molar-refractivity contribution in [3.63, 3.8) is 0 Å². The number of rotatable bonds is 3. The molecule has 4 N–H and O–H groups in total. The largest absolute Gasteiger partial charge is 0.409 e. The van der Waals surface area contributed by atoms with E-state index >= 15 is 0 Å². The molecule has 0 saturated carbocycles. The molecule has 2 heterocycles. The van der Waals surface area contributed by atoms with Crippen LogP contribution >= 0.6 is 0 Å². The van der Waals surface area contributed by atoms with Crippen LogP contribution in [-0.2, 0) is 7.05 Å². The molecule has 1 saturated heterocycles. The number of amidine groups is 1. The number of aliphatic hydroxyl groups is 1. The van der Waals surface area contributed by atoms with Crippen LogP contribution in [0.1, 0.15) is 24.1 Å². The van der Waals surface area contributed by atoms with Crippen molar-refractivity contribution in [3.05, 3.63) is 11.3 Å². The Labute approximate surface area is 112 Å². The first-order valence-corrected chi connectivity index (χ1v) is 6.45. The zero-order valence-corrected chi connectivity index (χ0v) is 11.4. The number of aryl methyl sites for hydroxylation is 2. The van der Waals surface area contributed by atoms with E-state index < -0.39 is 0 Å². The predicted molar refractivity (Wildman–Crippen MR) is 72.5 cm³/mol. The van der Waals surface area contributed by atoms with E-state index in [4.69, 9.17) is 10.9 Å². The van der Waals surface area contributed by atoms with Crippen molar-refractivity contribution in [2.24, 2.45) is 23.9 Å². The highest BCUT2D eigenvalue weighted by Gasteiger charge is 2.26. The monoisotopic (exact) mass is 267 g/mol. The lowest BCUT2D eigenvalue weighted by Crippen LogP contribution is -2.39. The highest BCUT2D eigenvalue weighted by atomic mass is 16.4. The Hall–Kier alpha value is -1.76. The van der Waals surface area contributed by atoms with Gasteiger partial charge in [0.15, 0.2) is 5.84 Å². The van der Waals surface area contributed by atoms with Gasteiger partial charge in [0.25, 0.3) is 0 Å². The lowest BCUT2D eigenvalue weighted by molar-refractivity contribution is 0.208. The molecule has 0 aliphatic carbocycles. The first-order valence-electron chi connectivity index (χ1n) is 6.45. The van der Waals surface area contributed by atoms with Crippen LogP contribution in [-0.4, -0.2) is 45.6 Å². The van der Waals surface area contributed by atoms with Crippen LogP contribution in [0.25, 0.3) is 0 Å². The lowest BCUT2D eigenvalue weighted by atomic mass is 9.98. The first kappa shape index (κ1) is 13.7. The van der Waals surface area contributed by atoms with E-state index in [1.807, 2.05) is 14.0 Å². The average molecular weight is 267 g/mol. The van der Waals surface area contributed by atoms with E-state index in [1.165, 1.54) is 0 Å². The third kappa shape index (κ3) is 2.51. The summed E-state index contributed by atoms with van der Waals surface area (Å²) in [5, 5.41) is 25.7. The molecule has 1 aliphatic heterocycles. The summed E-state index contributed by atoms with van der Waals surface area (Å²) in [5.41, 5.74) is 7.16. The fourth-order valence-corrected chi connectivity index (χ4v) is 2.77. The molecule has 0 aromatic carbocycles. The molecule has 1 atom stereocenters. The van der Waals surface area contributed by atoms with Gasteiger partial charge in [0.2, 0.25) is 0 Å². The van der Waals surface area contributed by atoms with Crippen molar-refractivity contribution in [2.75, 3.05) is 24.6 Å². The zero-order valence-electron chi connectivity index (χ0n) is 11.4. The molecule has 0 bridgehead atoms. The zero-order chi connectivity index (χ0) is 14.0. The van der Waals surface area contributed by atoms with E-state index in [0.717, 1.165) is 37.4 Å². The number of oxime groups is 1. The minimum Gasteiger partial charge on any atom is -0.409 e. The number of nitrogens with zero attached hydrogens (tertiary/aromatic N) is 4. The molecule has 0 amide bonds. The van der Waals surface area contributed by atoms with E-state index in [1.54, 1.807) is 4.68 Å². The third-order valence-electron chi connectivity index (χ3n) is 3.63. The molecule has 1 aromatic rings. The summed E-state index contributed by atoms with van der Waals surface area (Å²) < 4.78 is 1.75. The van der Waals surface area contributed by atoms with Gasteiger partial charge in [-0.15, -0.1) is 0 Å². The highest BCUT2D eigenvalue weighted by molar-refractivity contribution is 6.02. The maximum Gasteiger partial charge on any atom is 0.175 e. The molecule has 7 heteroatoms. The Bertz CT molecular complexity index is 483. The van der Waals surface area contributed by atoms with Gasteiger partial charge in [-0.05, 0) is 25.7 Å². The summed E-state index contributed by atoms with van der Waals surface area (Å²) in [6.45, 7) is 3.68. The number of hydrogen-bond acceptors (Lipinski definition) is 5. The Kier molecular flexibility index (Phi) is 3.94. The molecule has 1 aromatic heterocycles. The van der Waals surface area contributed by atoms with E-state index in [9.17, 15) is 5.11 Å². The van der Waals surface area contributed by atoms with E-state index in [-0.39, 0.29) is 18.4 Å². The van der Waals surface area contributed by atoms with Crippen LogP contribution in [0.4, 0.5) is 5.82 Å². The fraction of sp³-hybridized carbons (Fsp3) is 0.667. The van der Waals surface area contributed by atoms with Gasteiger partial charge in [0, 0.05) is 26.7 Å². The first-order chi connectivity index (χ1) is 9.08. The topological polar surface area (TPSA) is 99.9 Å². The van der Waals surface area contributed by atoms with E-state index in [2.05, 4.69) is 15.2 Å². The van der Waals surface area contributed by atoms with Crippen LogP contribution in [0.2, 0.25) is 0 Å². The van der Waals surface area contributed by atoms with Crippen molar-refractivity contribution < 1.29 is 10.3 Å². The number of anilines is 1. The summed E-state index contributed by atoms with van der Waals surface area (Å²) in [7, 11) is 1.85. The summed E-state index contributed by atoms with van der Waals surface area (Å²) in [4.78, 5) is 2.15. The molecule has 1 unspecified atom stereocenters. The van der Waals surface area contributed by atoms with Crippen molar-refractivity contribution >= 4 is 11.7 Å². The van der Waals surface area contributed by atoms with Crippen molar-refractivity contribution in [1.29, 1.82) is 0 Å². The molecule has 7 nitrogen and oxygen atoms in total. The molecule has 0 radical (unpaired) electrons. The van der Waals surface area contributed by atoms with Gasteiger partial charge in [-0.25, -0.2) is 0 Å². The Morgan fingerprint density at radius 1 is 1.58 bits per heavy atom. The Morgan fingerprint density at radius 2 is 2.32 bits per heavy atom. The second kappa shape index (κ2) is 5.48. The smallest absolute Gasteiger partial charge is 0.175 e. The Morgan fingerprint density at radius 3 is 2.95 bits per heavy atom. The van der Waals surface area contributed by atoms with Crippen LogP contribution < -0.4 is 10.6 Å². The van der Waals surface area contributed by atoms with Gasteiger partial charge in [0.1, 0.15) is 5.82 Å². The predicted octanol–water partition coefficient (Wildman–Crippen LogP) is 0.0317. The summed E-state index contributed by atoms with van der Waals surface area (Å²) in [6, 6.07) is 0. The normalized spacial score (nSPS) is 20.9. The van der Waals surface area contributed by atoms with Gasteiger partial charge < -0.3 is 20.9 Å². The maximum atomic E-state index is 9.32. The second-order valence-corrected chi connectivity index (χ2v) is 5.03. The van der Waals surface area contributed by atoms with Crippen LogP contribution in [0.15, 0.2) is 5.16 Å². The van der Waals surface area contributed by atoms with Crippen LogP contribution in [0, 0.1) is 12.8 Å². The molecule has 19 heavy (non-hydrogen) atoms. The van der Waals surface area contributed by atoms with Gasteiger partial charge in [-0.3, -0.25) is 4.68 Å². The summed E-state index contributed by atoms with van der Waals surface area (Å²) in [5.74, 6) is 1.20. The number of aliphatic hydroxyl groups excluding tert-OH is 1. The minimum absolute atomic E-state index is 0.0757. The number of piperidine rings is 1. The SMILES string of the molecule is Cc1nn(C)c(N2CCCC(CO)C2)c1C(N)=NO. The molecule has 2 rings (SSSR count). The molecular formula is C12H21N5O2. The third-order valence-corrected chi connectivity index (χ3v) is 3.63. The van der Waals surface area contributed by atoms with Gasteiger partial charge >= 0.3 is 0 Å². The van der Waals surface area contributed by atoms with Crippen molar-refractivity contribution in [1.82, 2.24) is 9.78 Å². The molecular weight excluding hydrogens is 246 g/mol. The summed E-state index contributed by atoms with van der Waals surface area (Å²) >= 11 is 0. The van der Waals surface area contributed by atoms with Gasteiger partial charge in [-0.1, -0.05) is 5.16 Å². The van der Waals surface area contributed by atoms with Crippen LogP contribution in [0.5, 0.6) is 0 Å². The Balaban J connectivity index is 2.38. The van der Waals surface area contributed by atoms with E-state index in [0.29, 0.717) is 5.56 Å². The quantitative estimate of drug-likeness (QED) is 0.310. The number of nitrogens with two attached hydrogens (primary N) is 1. The fourth-order valence-electron chi connectivity index (χ4n) is 2.77. The number of hydrogen-bond donors (Lipinski definition) is 3. The average Bonchev–Trinajstić information content (AvgIpc) is 2.72. The van der Waals surface area contributed by atoms with Crippen LogP contribution in [0.3, 0.4) is 0 Å². The minimum atomic E-state index is 0.0757. The number of aromatic nitrogens is 2. The van der Waals surface area contributed by atoms with Gasteiger partial charge in [-0.2, -0.15) is 5.10 Å². The maximum absolute atomic E-state index is 9.32. The standard InChI is InChI=1S/C12H21N5O2/c1-8-10(11(13)15-19)12(16(2)14-8)17-5-3-4-9(6-17)7-18/h9,18-19H,3-7H2,1-2H3,(H2,13,15). The summed E-state index contributed by atoms with van der Waals surface area (Å²) in [6.07, 6.45) is 2.05. The molecule has 1 aliphatic rings. The molecule has 1 fully saturated rings. The van der Waals surface area contributed by atoms with Crippen molar-refractivity contribution in [2.45, 2.75) is 19.8 Å². The molecule has 0 spiro atoms. The highest BCUT2D eigenvalue weighted by Crippen LogP contribution is 2.27. The molecule has 106 valence electrons.